The number of nitrogens with one attached hydrogen (secondary N) is 1. The lowest BCUT2D eigenvalue weighted by atomic mass is 10.0. The summed E-state index contributed by atoms with van der Waals surface area (Å²) in [5.74, 6) is -0.156. The molecule has 0 radical (unpaired) electrons. The summed E-state index contributed by atoms with van der Waals surface area (Å²) in [5.41, 5.74) is 3.77. The maximum Gasteiger partial charge on any atom is 0.127 e. The zero-order valence-corrected chi connectivity index (χ0v) is 13.3. The normalized spacial score (nSPS) is 11.3. The molecule has 21 heavy (non-hydrogen) atoms. The van der Waals surface area contributed by atoms with E-state index in [4.69, 9.17) is 0 Å². The smallest absolute Gasteiger partial charge is 0.127 e. The van der Waals surface area contributed by atoms with Crippen LogP contribution in [0.4, 0.5) is 4.39 Å². The lowest BCUT2D eigenvalue weighted by Gasteiger charge is -2.08. The molecule has 1 aromatic carbocycles. The molecule has 0 aliphatic rings. The molecule has 2 rings (SSSR count). The van der Waals surface area contributed by atoms with Crippen molar-refractivity contribution in [1.82, 2.24) is 15.1 Å². The fourth-order valence-electron chi connectivity index (χ4n) is 2.31. The molecule has 0 bridgehead atoms. The molecule has 0 amide bonds. The number of benzene rings is 1. The van der Waals surface area contributed by atoms with Gasteiger partial charge in [0.15, 0.2) is 0 Å². The molecule has 114 valence electrons. The van der Waals surface area contributed by atoms with Crippen molar-refractivity contribution in [1.29, 1.82) is 0 Å². The van der Waals surface area contributed by atoms with Crippen molar-refractivity contribution in [2.75, 3.05) is 6.54 Å². The van der Waals surface area contributed by atoms with Crippen LogP contribution in [-0.4, -0.2) is 16.3 Å². The Kier molecular flexibility index (Phi) is 5.12. The number of halogens is 1. The first kappa shape index (κ1) is 15.7. The Bertz CT molecular complexity index is 602. The maximum absolute atomic E-state index is 13.9. The van der Waals surface area contributed by atoms with E-state index < -0.39 is 0 Å². The molecule has 1 N–H and O–H groups in total. The Morgan fingerprint density at radius 1 is 1.33 bits per heavy atom. The van der Waals surface area contributed by atoms with Crippen LogP contribution in [0.3, 0.4) is 0 Å². The molecular formula is C17H24FN3. The molecule has 1 heterocycles. The molecule has 2 aromatic rings. The van der Waals surface area contributed by atoms with Crippen molar-refractivity contribution >= 4 is 0 Å². The van der Waals surface area contributed by atoms with Gasteiger partial charge in [0.2, 0.25) is 0 Å². The van der Waals surface area contributed by atoms with Gasteiger partial charge >= 0.3 is 0 Å². The van der Waals surface area contributed by atoms with Crippen molar-refractivity contribution < 1.29 is 4.39 Å². The predicted octanol–water partition coefficient (Wildman–Crippen LogP) is 4.08. The quantitative estimate of drug-likeness (QED) is 0.812. The van der Waals surface area contributed by atoms with Crippen molar-refractivity contribution in [2.45, 2.75) is 46.7 Å². The Labute approximate surface area is 126 Å². The summed E-state index contributed by atoms with van der Waals surface area (Å²) in [4.78, 5) is 0. The molecule has 0 aliphatic carbocycles. The van der Waals surface area contributed by atoms with E-state index in [1.54, 1.807) is 6.07 Å². The van der Waals surface area contributed by atoms with Gasteiger partial charge in [-0.1, -0.05) is 13.0 Å². The first-order valence-corrected chi connectivity index (χ1v) is 7.58. The van der Waals surface area contributed by atoms with E-state index in [2.05, 4.69) is 31.2 Å². The van der Waals surface area contributed by atoms with Gasteiger partial charge < -0.3 is 5.32 Å². The Balaban J connectivity index is 2.29. The van der Waals surface area contributed by atoms with Gasteiger partial charge in [0.1, 0.15) is 5.82 Å². The SMILES string of the molecule is CCCNCc1cc(-c2cn(C(C)C)nc2C)ccc1F. The zero-order valence-electron chi connectivity index (χ0n) is 13.3. The van der Waals surface area contributed by atoms with Crippen LogP contribution >= 0.6 is 0 Å². The highest BCUT2D eigenvalue weighted by atomic mass is 19.1. The second kappa shape index (κ2) is 6.85. The highest BCUT2D eigenvalue weighted by Crippen LogP contribution is 2.26. The summed E-state index contributed by atoms with van der Waals surface area (Å²) in [6.07, 6.45) is 3.08. The molecule has 0 saturated carbocycles. The molecule has 0 unspecified atom stereocenters. The first-order chi connectivity index (χ1) is 10.0. The van der Waals surface area contributed by atoms with Crippen LogP contribution in [0.1, 0.15) is 44.5 Å². The number of rotatable bonds is 6. The monoisotopic (exact) mass is 289 g/mol. The topological polar surface area (TPSA) is 29.9 Å². The van der Waals surface area contributed by atoms with Crippen molar-refractivity contribution in [2.24, 2.45) is 0 Å². The van der Waals surface area contributed by atoms with Gasteiger partial charge in [-0.2, -0.15) is 5.10 Å². The lowest BCUT2D eigenvalue weighted by Crippen LogP contribution is -2.14. The van der Waals surface area contributed by atoms with Crippen LogP contribution in [0, 0.1) is 12.7 Å². The highest BCUT2D eigenvalue weighted by molar-refractivity contribution is 5.66. The van der Waals surface area contributed by atoms with Gasteiger partial charge in [0.05, 0.1) is 5.69 Å². The second-order valence-electron chi connectivity index (χ2n) is 5.68. The second-order valence-corrected chi connectivity index (χ2v) is 5.68. The fourth-order valence-corrected chi connectivity index (χ4v) is 2.31. The van der Waals surface area contributed by atoms with Crippen LogP contribution in [0.2, 0.25) is 0 Å². The van der Waals surface area contributed by atoms with E-state index >= 15 is 0 Å². The van der Waals surface area contributed by atoms with Crippen LogP contribution in [0.15, 0.2) is 24.4 Å². The van der Waals surface area contributed by atoms with Crippen LogP contribution < -0.4 is 5.32 Å². The fraction of sp³-hybridized carbons (Fsp3) is 0.471. The Morgan fingerprint density at radius 3 is 2.71 bits per heavy atom. The summed E-state index contributed by atoms with van der Waals surface area (Å²) in [5, 5.41) is 7.77. The van der Waals surface area contributed by atoms with E-state index in [0.29, 0.717) is 18.2 Å². The number of hydrogen-bond acceptors (Lipinski definition) is 2. The molecule has 0 aliphatic heterocycles. The van der Waals surface area contributed by atoms with E-state index in [1.165, 1.54) is 0 Å². The molecule has 4 heteroatoms. The van der Waals surface area contributed by atoms with Gasteiger partial charge in [-0.15, -0.1) is 0 Å². The standard InChI is InChI=1S/C17H24FN3/c1-5-8-19-10-15-9-14(6-7-17(15)18)16-11-21(12(2)3)20-13(16)4/h6-7,9,11-12,19H,5,8,10H2,1-4H3. The summed E-state index contributed by atoms with van der Waals surface area (Å²) in [6.45, 7) is 9.75. The number of aromatic nitrogens is 2. The Hall–Kier alpha value is -1.68. The van der Waals surface area contributed by atoms with Crippen molar-refractivity contribution in [3.63, 3.8) is 0 Å². The summed E-state index contributed by atoms with van der Waals surface area (Å²) >= 11 is 0. The van der Waals surface area contributed by atoms with Gasteiger partial charge in [0, 0.05) is 29.9 Å². The van der Waals surface area contributed by atoms with Gasteiger partial charge in [-0.25, -0.2) is 4.39 Å². The van der Waals surface area contributed by atoms with Crippen molar-refractivity contribution in [3.8, 4) is 11.1 Å². The number of nitrogens with zero attached hydrogens (tertiary/aromatic N) is 2. The summed E-state index contributed by atoms with van der Waals surface area (Å²) in [6, 6.07) is 5.62. The molecule has 0 spiro atoms. The van der Waals surface area contributed by atoms with Gasteiger partial charge in [-0.05, 0) is 51.4 Å². The van der Waals surface area contributed by atoms with Crippen LogP contribution in [0.25, 0.3) is 11.1 Å². The highest BCUT2D eigenvalue weighted by Gasteiger charge is 2.11. The van der Waals surface area contributed by atoms with Gasteiger partial charge in [0.25, 0.3) is 0 Å². The zero-order chi connectivity index (χ0) is 15.4. The third kappa shape index (κ3) is 3.70. The summed E-state index contributed by atoms with van der Waals surface area (Å²) in [7, 11) is 0. The Morgan fingerprint density at radius 2 is 2.10 bits per heavy atom. The molecule has 0 saturated heterocycles. The molecule has 3 nitrogen and oxygen atoms in total. The van der Waals surface area contributed by atoms with Crippen LogP contribution in [0.5, 0.6) is 0 Å². The van der Waals surface area contributed by atoms with E-state index in [-0.39, 0.29) is 5.82 Å². The molecule has 0 atom stereocenters. The minimum Gasteiger partial charge on any atom is -0.313 e. The van der Waals surface area contributed by atoms with E-state index in [1.807, 2.05) is 29.9 Å². The van der Waals surface area contributed by atoms with Crippen LogP contribution in [-0.2, 0) is 6.54 Å². The molecule has 0 fully saturated rings. The summed E-state index contributed by atoms with van der Waals surface area (Å²) < 4.78 is 15.8. The minimum absolute atomic E-state index is 0.156. The molecular weight excluding hydrogens is 265 g/mol. The third-order valence-corrected chi connectivity index (χ3v) is 3.54. The van der Waals surface area contributed by atoms with E-state index in [0.717, 1.165) is 29.8 Å². The van der Waals surface area contributed by atoms with E-state index in [9.17, 15) is 4.39 Å². The van der Waals surface area contributed by atoms with Crippen molar-refractivity contribution in [3.05, 3.63) is 41.5 Å². The largest absolute Gasteiger partial charge is 0.313 e. The average Bonchev–Trinajstić information content (AvgIpc) is 2.83. The third-order valence-electron chi connectivity index (χ3n) is 3.54. The predicted molar refractivity (Wildman–Crippen MR) is 84.7 cm³/mol. The minimum atomic E-state index is -0.156. The number of hydrogen-bond donors (Lipinski definition) is 1. The lowest BCUT2D eigenvalue weighted by molar-refractivity contribution is 0.529. The van der Waals surface area contributed by atoms with Gasteiger partial charge in [-0.3, -0.25) is 4.68 Å². The first-order valence-electron chi connectivity index (χ1n) is 7.58. The number of aryl methyl sites for hydroxylation is 1. The molecule has 1 aromatic heterocycles. The maximum atomic E-state index is 13.9. The average molecular weight is 289 g/mol.